The number of benzene rings is 1. The molecule has 0 spiro atoms. The summed E-state index contributed by atoms with van der Waals surface area (Å²) >= 11 is 0. The van der Waals surface area contributed by atoms with Crippen LogP contribution in [0.5, 0.6) is 0 Å². The van der Waals surface area contributed by atoms with Gasteiger partial charge in [0.1, 0.15) is 11.4 Å². The number of anilines is 2. The summed E-state index contributed by atoms with van der Waals surface area (Å²) in [5.41, 5.74) is 2.73. The molecule has 0 fully saturated rings. The van der Waals surface area contributed by atoms with Gasteiger partial charge in [0.25, 0.3) is 15.7 Å². The molecule has 0 atom stereocenters. The number of H-pyrrole nitrogens is 1. The number of rotatable bonds is 4. The smallest absolute Gasteiger partial charge is 0.285 e. The Morgan fingerprint density at radius 2 is 2.00 bits per heavy atom. The van der Waals surface area contributed by atoms with Crippen molar-refractivity contribution in [3.63, 3.8) is 0 Å². The summed E-state index contributed by atoms with van der Waals surface area (Å²) in [5.74, 6) is 0. The third kappa shape index (κ3) is 3.26. The standard InChI is InChI=1S/C15H18N4O4S/c1-16-11-7-5-10(6-8-11)13-14-12(15(20)18-17-13)4-3-9-19(14)23-24(2,21)22/h5-8,16H,3-4,9H2,1-2H3,(H,18,20). The summed E-state index contributed by atoms with van der Waals surface area (Å²) in [6.07, 6.45) is 2.13. The zero-order valence-electron chi connectivity index (χ0n) is 13.4. The van der Waals surface area contributed by atoms with Gasteiger partial charge in [-0.25, -0.2) is 10.2 Å². The Labute approximate surface area is 139 Å². The fourth-order valence-electron chi connectivity index (χ4n) is 2.72. The molecule has 3 rings (SSSR count). The molecule has 0 amide bonds. The Kier molecular flexibility index (Phi) is 4.29. The number of fused-ring (bicyclic) bond motifs is 1. The molecule has 24 heavy (non-hydrogen) atoms. The second kappa shape index (κ2) is 6.25. The molecule has 1 aliphatic heterocycles. The van der Waals surface area contributed by atoms with E-state index in [1.54, 1.807) is 0 Å². The van der Waals surface area contributed by atoms with Gasteiger partial charge in [-0.1, -0.05) is 12.1 Å². The molecule has 0 unspecified atom stereocenters. The van der Waals surface area contributed by atoms with Crippen molar-refractivity contribution in [1.29, 1.82) is 0 Å². The minimum Gasteiger partial charge on any atom is -0.388 e. The fourth-order valence-corrected chi connectivity index (χ4v) is 3.20. The molecule has 1 aromatic heterocycles. The zero-order chi connectivity index (χ0) is 17.3. The SMILES string of the molecule is CNc1ccc(-c2n[nH]c(=O)c3c2N(OS(C)(=O)=O)CCC3)cc1. The first-order valence-electron chi connectivity index (χ1n) is 7.46. The van der Waals surface area contributed by atoms with Crippen LogP contribution in [0.15, 0.2) is 29.1 Å². The van der Waals surface area contributed by atoms with Crippen molar-refractivity contribution in [2.75, 3.05) is 30.2 Å². The van der Waals surface area contributed by atoms with Crippen LogP contribution in [0.2, 0.25) is 0 Å². The Bertz CT molecular complexity index is 906. The summed E-state index contributed by atoms with van der Waals surface area (Å²) in [6.45, 7) is 0.368. The molecule has 9 heteroatoms. The molecule has 1 aliphatic rings. The highest BCUT2D eigenvalue weighted by Crippen LogP contribution is 2.34. The van der Waals surface area contributed by atoms with Gasteiger partial charge in [-0.05, 0) is 25.0 Å². The highest BCUT2D eigenvalue weighted by Gasteiger charge is 2.28. The zero-order valence-corrected chi connectivity index (χ0v) is 14.2. The van der Waals surface area contributed by atoms with Gasteiger partial charge >= 0.3 is 0 Å². The Morgan fingerprint density at radius 1 is 1.29 bits per heavy atom. The number of nitrogens with one attached hydrogen (secondary N) is 2. The third-order valence-corrected chi connectivity index (χ3v) is 4.21. The second-order valence-electron chi connectivity index (χ2n) is 5.54. The molecule has 2 heterocycles. The van der Waals surface area contributed by atoms with Gasteiger partial charge in [-0.15, -0.1) is 4.28 Å². The van der Waals surface area contributed by atoms with Gasteiger partial charge in [0.15, 0.2) is 0 Å². The van der Waals surface area contributed by atoms with E-state index in [0.29, 0.717) is 36.3 Å². The summed E-state index contributed by atoms with van der Waals surface area (Å²) in [6, 6.07) is 7.44. The molecule has 0 bridgehead atoms. The Balaban J connectivity index is 2.15. The first-order chi connectivity index (χ1) is 11.4. The van der Waals surface area contributed by atoms with Crippen LogP contribution in [-0.2, 0) is 20.8 Å². The van der Waals surface area contributed by atoms with E-state index in [1.165, 1.54) is 5.06 Å². The van der Waals surface area contributed by atoms with Crippen molar-refractivity contribution < 1.29 is 12.7 Å². The van der Waals surface area contributed by atoms with Crippen LogP contribution in [0, 0.1) is 0 Å². The lowest BCUT2D eigenvalue weighted by Gasteiger charge is -2.29. The average molecular weight is 350 g/mol. The van der Waals surface area contributed by atoms with Crippen LogP contribution >= 0.6 is 0 Å². The molecule has 1 aromatic carbocycles. The lowest BCUT2D eigenvalue weighted by molar-refractivity contribution is 0.277. The minimum atomic E-state index is -3.71. The average Bonchev–Trinajstić information content (AvgIpc) is 2.55. The van der Waals surface area contributed by atoms with E-state index < -0.39 is 10.1 Å². The largest absolute Gasteiger partial charge is 0.388 e. The molecule has 0 aliphatic carbocycles. The first kappa shape index (κ1) is 16.5. The van der Waals surface area contributed by atoms with Crippen molar-refractivity contribution in [1.82, 2.24) is 10.2 Å². The molecule has 128 valence electrons. The van der Waals surface area contributed by atoms with Crippen molar-refractivity contribution >= 4 is 21.5 Å². The van der Waals surface area contributed by atoms with E-state index in [0.717, 1.165) is 17.5 Å². The van der Waals surface area contributed by atoms with E-state index in [2.05, 4.69) is 15.5 Å². The number of hydrogen-bond acceptors (Lipinski definition) is 7. The van der Waals surface area contributed by atoms with Crippen LogP contribution in [0.4, 0.5) is 11.4 Å². The molecule has 2 N–H and O–H groups in total. The van der Waals surface area contributed by atoms with E-state index in [1.807, 2.05) is 31.3 Å². The van der Waals surface area contributed by atoms with Gasteiger partial charge in [0.2, 0.25) is 0 Å². The van der Waals surface area contributed by atoms with Gasteiger partial charge in [-0.2, -0.15) is 13.5 Å². The van der Waals surface area contributed by atoms with Crippen LogP contribution in [0.25, 0.3) is 11.3 Å². The minimum absolute atomic E-state index is 0.331. The molecule has 0 saturated heterocycles. The molecule has 0 saturated carbocycles. The molecule has 0 radical (unpaired) electrons. The summed E-state index contributed by atoms with van der Waals surface area (Å²) < 4.78 is 28.2. The highest BCUT2D eigenvalue weighted by molar-refractivity contribution is 7.86. The molecular weight excluding hydrogens is 332 g/mol. The van der Waals surface area contributed by atoms with Gasteiger partial charge in [0, 0.05) is 30.4 Å². The number of hydroxylamine groups is 1. The maximum atomic E-state index is 12.1. The number of hydrogen-bond donors (Lipinski definition) is 2. The summed E-state index contributed by atoms with van der Waals surface area (Å²) in [4.78, 5) is 12.1. The quantitative estimate of drug-likeness (QED) is 0.851. The lowest BCUT2D eigenvalue weighted by atomic mass is 10.0. The third-order valence-electron chi connectivity index (χ3n) is 3.76. The van der Waals surface area contributed by atoms with Gasteiger partial charge in [0.05, 0.1) is 6.26 Å². The predicted molar refractivity (Wildman–Crippen MR) is 91.4 cm³/mol. The first-order valence-corrected chi connectivity index (χ1v) is 9.27. The number of aromatic amines is 1. The maximum absolute atomic E-state index is 12.1. The molecule has 2 aromatic rings. The number of nitrogens with zero attached hydrogens (tertiary/aromatic N) is 2. The van der Waals surface area contributed by atoms with E-state index in [-0.39, 0.29) is 5.56 Å². The maximum Gasteiger partial charge on any atom is 0.285 e. The van der Waals surface area contributed by atoms with Gasteiger partial charge < -0.3 is 5.32 Å². The molecular formula is C15H18N4O4S. The van der Waals surface area contributed by atoms with Crippen molar-refractivity contribution in [2.24, 2.45) is 0 Å². The topological polar surface area (TPSA) is 104 Å². The second-order valence-corrected chi connectivity index (χ2v) is 7.10. The van der Waals surface area contributed by atoms with Gasteiger partial charge in [-0.3, -0.25) is 4.79 Å². The van der Waals surface area contributed by atoms with E-state index >= 15 is 0 Å². The van der Waals surface area contributed by atoms with Crippen LogP contribution < -0.4 is 15.9 Å². The number of aromatic nitrogens is 2. The summed E-state index contributed by atoms with van der Waals surface area (Å²) in [7, 11) is -1.90. The van der Waals surface area contributed by atoms with Crippen molar-refractivity contribution in [3.8, 4) is 11.3 Å². The normalized spacial score (nSPS) is 14.3. The lowest BCUT2D eigenvalue weighted by Crippen LogP contribution is -2.35. The monoisotopic (exact) mass is 350 g/mol. The highest BCUT2D eigenvalue weighted by atomic mass is 32.2. The Morgan fingerprint density at radius 3 is 2.62 bits per heavy atom. The fraction of sp³-hybridized carbons (Fsp3) is 0.333. The van der Waals surface area contributed by atoms with Crippen molar-refractivity contribution in [3.05, 3.63) is 40.2 Å². The molecule has 8 nitrogen and oxygen atoms in total. The van der Waals surface area contributed by atoms with Crippen molar-refractivity contribution in [2.45, 2.75) is 12.8 Å². The van der Waals surface area contributed by atoms with Crippen LogP contribution in [0.3, 0.4) is 0 Å². The van der Waals surface area contributed by atoms with Crippen LogP contribution in [0.1, 0.15) is 12.0 Å². The van der Waals surface area contributed by atoms with E-state index in [9.17, 15) is 13.2 Å². The predicted octanol–water partition coefficient (Wildman–Crippen LogP) is 1.12. The van der Waals surface area contributed by atoms with E-state index in [4.69, 9.17) is 4.28 Å². The summed E-state index contributed by atoms with van der Waals surface area (Å²) in [5, 5.41) is 10.9. The Hall–Kier alpha value is -2.39. The van der Waals surface area contributed by atoms with Crippen LogP contribution in [-0.4, -0.2) is 38.5 Å².